The van der Waals surface area contributed by atoms with Crippen LogP contribution in [0.5, 0.6) is 0 Å². The molecule has 0 fully saturated rings. The van der Waals surface area contributed by atoms with E-state index in [1.807, 2.05) is 18.7 Å². The molecule has 0 amide bonds. The Bertz CT molecular complexity index is 145. The Hall–Kier alpha value is -0.220. The number of aliphatic imine (C=N–C) groups is 1. The third kappa shape index (κ3) is 3.62. The minimum Gasteiger partial charge on any atom is -0.372 e. The van der Waals surface area contributed by atoms with E-state index in [-0.39, 0.29) is 6.04 Å². The zero-order valence-corrected chi connectivity index (χ0v) is 7.66. The first-order valence-electron chi connectivity index (χ1n) is 3.89. The van der Waals surface area contributed by atoms with Crippen LogP contribution in [0.2, 0.25) is 0 Å². The molecule has 0 saturated carbocycles. The van der Waals surface area contributed by atoms with Crippen LogP contribution in [-0.4, -0.2) is 36.5 Å². The van der Waals surface area contributed by atoms with Gasteiger partial charge in [0, 0.05) is 18.3 Å². The molecule has 0 aromatic rings. The molecule has 0 aliphatic carbocycles. The van der Waals surface area contributed by atoms with Crippen molar-refractivity contribution in [2.24, 2.45) is 10.7 Å². The van der Waals surface area contributed by atoms with Gasteiger partial charge in [-0.1, -0.05) is 0 Å². The van der Waals surface area contributed by atoms with Crippen LogP contribution in [0.4, 0.5) is 0 Å². The van der Waals surface area contributed by atoms with Crippen molar-refractivity contribution in [1.29, 1.82) is 0 Å². The average molecular weight is 173 g/mol. The van der Waals surface area contributed by atoms with Crippen molar-refractivity contribution in [3.05, 3.63) is 0 Å². The predicted molar refractivity (Wildman–Crippen MR) is 51.3 cm³/mol. The smallest absolute Gasteiger partial charge is 0.106 e. The first-order valence-corrected chi connectivity index (χ1v) is 5.05. The molecule has 3 N–H and O–H groups in total. The number of rotatable bonds is 2. The monoisotopic (exact) mass is 173 g/mol. The molecule has 1 aliphatic rings. The highest BCUT2D eigenvalue weighted by atomic mass is 32.2. The highest BCUT2D eigenvalue weighted by Crippen LogP contribution is 2.04. The molecule has 0 spiro atoms. The van der Waals surface area contributed by atoms with Gasteiger partial charge in [-0.15, -0.1) is 0 Å². The maximum atomic E-state index is 5.59. The summed E-state index contributed by atoms with van der Waals surface area (Å²) in [6, 6.07) is 0.213. The minimum absolute atomic E-state index is 0.213. The van der Waals surface area contributed by atoms with E-state index >= 15 is 0 Å². The molecule has 0 aromatic heterocycles. The fourth-order valence-corrected chi connectivity index (χ4v) is 1.60. The van der Waals surface area contributed by atoms with Gasteiger partial charge in [-0.2, -0.15) is 11.8 Å². The second-order valence-corrected chi connectivity index (χ2v) is 3.84. The molecule has 0 aromatic carbocycles. The topological polar surface area (TPSA) is 50.4 Å². The summed E-state index contributed by atoms with van der Waals surface area (Å²) in [4.78, 5) is 4.33. The highest BCUT2D eigenvalue weighted by Gasteiger charge is 2.04. The Morgan fingerprint density at radius 2 is 2.64 bits per heavy atom. The van der Waals surface area contributed by atoms with Crippen LogP contribution >= 0.6 is 11.8 Å². The molecule has 4 heteroatoms. The number of hydrogen-bond donors (Lipinski definition) is 2. The van der Waals surface area contributed by atoms with Gasteiger partial charge in [0.1, 0.15) is 5.84 Å². The summed E-state index contributed by atoms with van der Waals surface area (Å²) in [6.07, 6.45) is 0. The van der Waals surface area contributed by atoms with Gasteiger partial charge in [0.25, 0.3) is 0 Å². The standard InChI is InChI=1S/C7H15N3S/c1-6(8)4-10-7-5-11-3-2-9-7/h6H,2-5,8H2,1H3,(H,9,10). The lowest BCUT2D eigenvalue weighted by molar-refractivity contribution is 0.701. The SMILES string of the molecule is CC(N)CNC1=NCCSC1. The molecular weight excluding hydrogens is 158 g/mol. The number of amidine groups is 1. The number of hydrogen-bond acceptors (Lipinski definition) is 4. The summed E-state index contributed by atoms with van der Waals surface area (Å²) < 4.78 is 0. The third-order valence-electron chi connectivity index (χ3n) is 1.41. The van der Waals surface area contributed by atoms with Crippen LogP contribution in [0.15, 0.2) is 4.99 Å². The van der Waals surface area contributed by atoms with Crippen LogP contribution in [0.25, 0.3) is 0 Å². The Morgan fingerprint density at radius 1 is 1.82 bits per heavy atom. The van der Waals surface area contributed by atoms with E-state index in [4.69, 9.17) is 5.73 Å². The van der Waals surface area contributed by atoms with Gasteiger partial charge in [-0.05, 0) is 6.92 Å². The van der Waals surface area contributed by atoms with E-state index < -0.39 is 0 Å². The summed E-state index contributed by atoms with van der Waals surface area (Å²) in [5, 5.41) is 3.23. The van der Waals surface area contributed by atoms with Gasteiger partial charge in [0.05, 0.1) is 12.3 Å². The van der Waals surface area contributed by atoms with Crippen molar-refractivity contribution in [3.8, 4) is 0 Å². The largest absolute Gasteiger partial charge is 0.372 e. The van der Waals surface area contributed by atoms with Gasteiger partial charge in [0.15, 0.2) is 0 Å². The summed E-state index contributed by atoms with van der Waals surface area (Å²) >= 11 is 1.92. The third-order valence-corrected chi connectivity index (χ3v) is 2.35. The highest BCUT2D eigenvalue weighted by molar-refractivity contribution is 8.00. The zero-order valence-electron chi connectivity index (χ0n) is 6.84. The van der Waals surface area contributed by atoms with E-state index in [0.29, 0.717) is 0 Å². The normalized spacial score (nSPS) is 20.7. The number of thioether (sulfide) groups is 1. The van der Waals surface area contributed by atoms with E-state index in [9.17, 15) is 0 Å². The molecule has 1 heterocycles. The fraction of sp³-hybridized carbons (Fsp3) is 0.857. The van der Waals surface area contributed by atoms with Crippen LogP contribution in [-0.2, 0) is 0 Å². The zero-order chi connectivity index (χ0) is 8.10. The molecule has 0 saturated heterocycles. The first-order chi connectivity index (χ1) is 5.29. The van der Waals surface area contributed by atoms with Crippen molar-refractivity contribution in [2.75, 3.05) is 24.6 Å². The fourth-order valence-electron chi connectivity index (χ4n) is 0.845. The molecule has 3 nitrogen and oxygen atoms in total. The van der Waals surface area contributed by atoms with Gasteiger partial charge >= 0.3 is 0 Å². The summed E-state index contributed by atoms with van der Waals surface area (Å²) in [5.41, 5.74) is 5.59. The van der Waals surface area contributed by atoms with E-state index in [0.717, 1.165) is 30.4 Å². The second kappa shape index (κ2) is 4.62. The number of nitrogens with two attached hydrogens (primary N) is 1. The van der Waals surface area contributed by atoms with Crippen LogP contribution in [0.1, 0.15) is 6.92 Å². The average Bonchev–Trinajstić information content (AvgIpc) is 2.03. The molecule has 11 heavy (non-hydrogen) atoms. The summed E-state index contributed by atoms with van der Waals surface area (Å²) in [5.74, 6) is 3.29. The van der Waals surface area contributed by atoms with Gasteiger partial charge in [-0.25, -0.2) is 0 Å². The van der Waals surface area contributed by atoms with Gasteiger partial charge < -0.3 is 11.1 Å². The second-order valence-electron chi connectivity index (χ2n) is 2.74. The van der Waals surface area contributed by atoms with Crippen LogP contribution in [0.3, 0.4) is 0 Å². The lowest BCUT2D eigenvalue weighted by Crippen LogP contribution is -2.37. The van der Waals surface area contributed by atoms with Gasteiger partial charge in [0.2, 0.25) is 0 Å². The lowest BCUT2D eigenvalue weighted by atomic mass is 10.3. The maximum absolute atomic E-state index is 5.59. The minimum atomic E-state index is 0.213. The molecule has 0 bridgehead atoms. The summed E-state index contributed by atoms with van der Waals surface area (Å²) in [6.45, 7) is 3.77. The van der Waals surface area contributed by atoms with Crippen molar-refractivity contribution in [2.45, 2.75) is 13.0 Å². The Balaban J connectivity index is 2.19. The number of nitrogens with one attached hydrogen (secondary N) is 1. The lowest BCUT2D eigenvalue weighted by Gasteiger charge is -2.14. The van der Waals surface area contributed by atoms with Gasteiger partial charge in [-0.3, -0.25) is 4.99 Å². The van der Waals surface area contributed by atoms with Crippen molar-refractivity contribution < 1.29 is 0 Å². The van der Waals surface area contributed by atoms with E-state index in [1.165, 1.54) is 0 Å². The molecule has 0 radical (unpaired) electrons. The van der Waals surface area contributed by atoms with Crippen molar-refractivity contribution in [1.82, 2.24) is 5.32 Å². The van der Waals surface area contributed by atoms with E-state index in [1.54, 1.807) is 0 Å². The molecule has 64 valence electrons. The molecule has 1 atom stereocenters. The van der Waals surface area contributed by atoms with E-state index in [2.05, 4.69) is 10.3 Å². The molecule has 1 unspecified atom stereocenters. The summed E-state index contributed by atoms with van der Waals surface area (Å²) in [7, 11) is 0. The Morgan fingerprint density at radius 3 is 3.18 bits per heavy atom. The molecule has 1 rings (SSSR count). The molecule has 1 aliphatic heterocycles. The van der Waals surface area contributed by atoms with Crippen molar-refractivity contribution >= 4 is 17.6 Å². The Labute approximate surface area is 71.8 Å². The predicted octanol–water partition coefficient (Wildman–Crippen LogP) is 0.0685. The van der Waals surface area contributed by atoms with Crippen LogP contribution < -0.4 is 11.1 Å². The van der Waals surface area contributed by atoms with Crippen LogP contribution in [0, 0.1) is 0 Å². The number of nitrogens with zero attached hydrogens (tertiary/aromatic N) is 1. The van der Waals surface area contributed by atoms with Crippen molar-refractivity contribution in [3.63, 3.8) is 0 Å². The quantitative estimate of drug-likeness (QED) is 0.621. The molecular formula is C7H15N3S. The Kier molecular flexibility index (Phi) is 3.72. The first kappa shape index (κ1) is 8.87. The maximum Gasteiger partial charge on any atom is 0.106 e.